The molecule has 0 spiro atoms. The Labute approximate surface area is 160 Å². The number of benzene rings is 2. The van der Waals surface area contributed by atoms with Crippen LogP contribution in [0.15, 0.2) is 54.6 Å². The first-order valence-electron chi connectivity index (χ1n) is 10.5. The molecule has 1 N–H and O–H groups in total. The molecule has 0 bridgehead atoms. The molecule has 0 aliphatic heterocycles. The largest absolute Gasteiger partial charge is 0.356 e. The van der Waals surface area contributed by atoms with E-state index in [1.54, 1.807) is 0 Å². The van der Waals surface area contributed by atoms with E-state index in [2.05, 4.69) is 74.6 Å². The van der Waals surface area contributed by atoms with Crippen LogP contribution in [0, 0.1) is 0 Å². The van der Waals surface area contributed by atoms with Gasteiger partial charge in [0.1, 0.15) is 0 Å². The summed E-state index contributed by atoms with van der Waals surface area (Å²) in [6, 6.07) is 19.3. The van der Waals surface area contributed by atoms with E-state index in [1.165, 1.54) is 68.3 Å². The van der Waals surface area contributed by atoms with Crippen LogP contribution in [0.5, 0.6) is 0 Å². The summed E-state index contributed by atoms with van der Waals surface area (Å²) in [5.41, 5.74) is 3.75. The lowest BCUT2D eigenvalue weighted by atomic mass is 10.1. The number of unbranched alkanes of at least 4 members (excludes halogenated alkanes) is 3. The van der Waals surface area contributed by atoms with Gasteiger partial charge in [0.15, 0.2) is 0 Å². The fourth-order valence-corrected chi connectivity index (χ4v) is 3.72. The molecule has 142 valence electrons. The van der Waals surface area contributed by atoms with Crippen LogP contribution in [0.4, 0.5) is 11.4 Å². The zero-order valence-corrected chi connectivity index (χ0v) is 17.0. The Hall–Kier alpha value is -1.80. The number of rotatable bonds is 12. The molecule has 2 aromatic carbocycles. The highest BCUT2D eigenvalue weighted by molar-refractivity contribution is 5.59. The lowest BCUT2D eigenvalue weighted by Crippen LogP contribution is -2.48. The van der Waals surface area contributed by atoms with Crippen molar-refractivity contribution in [1.29, 1.82) is 0 Å². The average Bonchev–Trinajstić information content (AvgIpc) is 2.70. The van der Waals surface area contributed by atoms with Gasteiger partial charge in [0.25, 0.3) is 0 Å². The molecule has 0 unspecified atom stereocenters. The highest BCUT2D eigenvalue weighted by atomic mass is 15.3. The number of anilines is 2. The zero-order valence-electron chi connectivity index (χ0n) is 17.0. The Kier molecular flexibility index (Phi) is 8.70. The maximum absolute atomic E-state index is 3.44. The third-order valence-electron chi connectivity index (χ3n) is 5.88. The molecule has 2 aromatic rings. The predicted octanol–water partition coefficient (Wildman–Crippen LogP) is 6.41. The number of para-hydroxylation sites is 1. The third-order valence-corrected chi connectivity index (χ3v) is 5.88. The maximum Gasteiger partial charge on any atom is 0.0786 e. The summed E-state index contributed by atoms with van der Waals surface area (Å²) in [5.74, 6) is 0. The van der Waals surface area contributed by atoms with Crippen molar-refractivity contribution in [3.8, 4) is 0 Å². The highest BCUT2D eigenvalue weighted by Gasteiger charge is 2.19. The average molecular weight is 354 g/mol. The first-order valence-corrected chi connectivity index (χ1v) is 10.5. The van der Waals surface area contributed by atoms with Crippen LogP contribution in [-0.2, 0) is 6.42 Å². The zero-order chi connectivity index (χ0) is 18.7. The van der Waals surface area contributed by atoms with E-state index in [9.17, 15) is 0 Å². The van der Waals surface area contributed by atoms with Crippen molar-refractivity contribution in [1.82, 2.24) is 0 Å². The molecule has 0 radical (unpaired) electrons. The molecule has 2 heteroatoms. The number of quaternary nitrogens is 1. The van der Waals surface area contributed by atoms with Crippen molar-refractivity contribution in [3.05, 3.63) is 60.2 Å². The van der Waals surface area contributed by atoms with Crippen LogP contribution >= 0.6 is 0 Å². The van der Waals surface area contributed by atoms with E-state index in [0.29, 0.717) is 0 Å². The Morgan fingerprint density at radius 1 is 0.654 bits per heavy atom. The van der Waals surface area contributed by atoms with Crippen LogP contribution in [0.3, 0.4) is 0 Å². The summed E-state index contributed by atoms with van der Waals surface area (Å²) >= 11 is 0. The normalized spacial score (nSPS) is 11.5. The number of hydrogen-bond acceptors (Lipinski definition) is 1. The number of nitrogens with one attached hydrogen (secondary N) is 1. The molecule has 0 aliphatic rings. The quantitative estimate of drug-likeness (QED) is 0.343. The van der Waals surface area contributed by atoms with Gasteiger partial charge in [-0.3, -0.25) is 0 Å². The second-order valence-corrected chi connectivity index (χ2v) is 7.37. The number of nitrogens with zero attached hydrogens (tertiary/aromatic N) is 1. The highest BCUT2D eigenvalue weighted by Crippen LogP contribution is 2.18. The van der Waals surface area contributed by atoms with Gasteiger partial charge in [0.2, 0.25) is 0 Å². The number of aryl methyl sites for hydroxylation is 1. The van der Waals surface area contributed by atoms with Crippen LogP contribution in [0.25, 0.3) is 0 Å². The summed E-state index contributed by atoms with van der Waals surface area (Å²) in [7, 11) is 0. The maximum atomic E-state index is 3.44. The summed E-state index contributed by atoms with van der Waals surface area (Å²) < 4.78 is 1.29. The van der Waals surface area contributed by atoms with Crippen LogP contribution < -0.4 is 5.32 Å². The van der Waals surface area contributed by atoms with Crippen molar-refractivity contribution < 1.29 is 4.48 Å². The molecule has 0 saturated carbocycles. The van der Waals surface area contributed by atoms with Crippen molar-refractivity contribution in [2.24, 2.45) is 0 Å². The van der Waals surface area contributed by atoms with Crippen molar-refractivity contribution in [2.75, 3.05) is 31.5 Å². The minimum absolute atomic E-state index is 1.14. The molecule has 0 aromatic heterocycles. The van der Waals surface area contributed by atoms with E-state index in [-0.39, 0.29) is 0 Å². The molecule has 2 nitrogen and oxygen atoms in total. The minimum Gasteiger partial charge on any atom is -0.356 e. The minimum atomic E-state index is 1.14. The lowest BCUT2D eigenvalue weighted by Gasteiger charge is -2.35. The van der Waals surface area contributed by atoms with Gasteiger partial charge >= 0.3 is 0 Å². The van der Waals surface area contributed by atoms with E-state index >= 15 is 0 Å². The molecule has 0 fully saturated rings. The SMILES string of the molecule is CC[N+](CC)(CC)CCCCCCc1ccc(Nc2ccccc2)cc1. The van der Waals surface area contributed by atoms with E-state index in [0.717, 1.165) is 11.4 Å². The monoisotopic (exact) mass is 353 g/mol. The lowest BCUT2D eigenvalue weighted by molar-refractivity contribution is -0.923. The fourth-order valence-electron chi connectivity index (χ4n) is 3.72. The Morgan fingerprint density at radius 2 is 1.23 bits per heavy atom. The Bertz CT molecular complexity index is 592. The summed E-state index contributed by atoms with van der Waals surface area (Å²) in [5, 5.41) is 3.44. The molecule has 0 saturated heterocycles. The van der Waals surface area contributed by atoms with Crippen LogP contribution in [-0.4, -0.2) is 30.7 Å². The molecule has 0 heterocycles. The molecule has 0 atom stereocenters. The van der Waals surface area contributed by atoms with Gasteiger partial charge in [-0.05, 0) is 76.3 Å². The second-order valence-electron chi connectivity index (χ2n) is 7.37. The predicted molar refractivity (Wildman–Crippen MR) is 115 cm³/mol. The van der Waals surface area contributed by atoms with E-state index < -0.39 is 0 Å². The Morgan fingerprint density at radius 3 is 1.85 bits per heavy atom. The molecule has 0 amide bonds. The first-order chi connectivity index (χ1) is 12.7. The van der Waals surface area contributed by atoms with E-state index in [1.807, 2.05) is 6.07 Å². The summed E-state index contributed by atoms with van der Waals surface area (Å²) in [6.45, 7) is 12.2. The summed E-state index contributed by atoms with van der Waals surface area (Å²) in [6.07, 6.45) is 6.58. The van der Waals surface area contributed by atoms with Crippen molar-refractivity contribution >= 4 is 11.4 Å². The Balaban J connectivity index is 1.65. The van der Waals surface area contributed by atoms with E-state index in [4.69, 9.17) is 0 Å². The first kappa shape index (κ1) is 20.5. The van der Waals surface area contributed by atoms with Crippen molar-refractivity contribution in [2.45, 2.75) is 52.9 Å². The third kappa shape index (κ3) is 6.49. The van der Waals surface area contributed by atoms with Gasteiger partial charge in [-0.2, -0.15) is 0 Å². The van der Waals surface area contributed by atoms with Crippen LogP contribution in [0.2, 0.25) is 0 Å². The second kappa shape index (κ2) is 11.0. The van der Waals surface area contributed by atoms with Crippen molar-refractivity contribution in [3.63, 3.8) is 0 Å². The fraction of sp³-hybridized carbons (Fsp3) is 0.500. The van der Waals surface area contributed by atoms with Gasteiger partial charge in [-0.15, -0.1) is 0 Å². The molecular formula is C24H37N2+. The summed E-state index contributed by atoms with van der Waals surface area (Å²) in [4.78, 5) is 0. The standard InChI is InChI=1S/C24H37N2/c1-4-26(5-2,6-3)21-13-8-7-10-14-22-17-19-24(20-18-22)25-23-15-11-9-12-16-23/h9,11-12,15-20,25H,4-8,10,13-14,21H2,1-3H3/q+1. The van der Waals surface area contributed by atoms with Gasteiger partial charge in [0, 0.05) is 11.4 Å². The van der Waals surface area contributed by atoms with Gasteiger partial charge in [0.05, 0.1) is 26.2 Å². The molecule has 2 rings (SSSR count). The smallest absolute Gasteiger partial charge is 0.0786 e. The van der Waals surface area contributed by atoms with Gasteiger partial charge < -0.3 is 9.80 Å². The van der Waals surface area contributed by atoms with Gasteiger partial charge in [-0.1, -0.05) is 36.8 Å². The molecule has 26 heavy (non-hydrogen) atoms. The van der Waals surface area contributed by atoms with Gasteiger partial charge in [-0.25, -0.2) is 0 Å². The van der Waals surface area contributed by atoms with Crippen LogP contribution in [0.1, 0.15) is 52.0 Å². The molecule has 0 aliphatic carbocycles. The molecular weight excluding hydrogens is 316 g/mol. The topological polar surface area (TPSA) is 12.0 Å². The number of hydrogen-bond donors (Lipinski definition) is 1.